The number of hydrogen-bond donors (Lipinski definition) is 1. The second-order valence-corrected chi connectivity index (χ2v) is 7.62. The van der Waals surface area contributed by atoms with Crippen molar-refractivity contribution >= 4 is 6.03 Å². The molecule has 0 aliphatic carbocycles. The molecule has 1 fully saturated rings. The Hall–Kier alpha value is -1.85. The Kier molecular flexibility index (Phi) is 5.76. The fraction of sp³-hybridized carbons (Fsp3) is 0.550. The summed E-state index contributed by atoms with van der Waals surface area (Å²) in [7, 11) is 0. The molecule has 1 unspecified atom stereocenters. The lowest BCUT2D eigenvalue weighted by Gasteiger charge is -2.34. The quantitative estimate of drug-likeness (QED) is 0.895. The molecule has 5 nitrogen and oxygen atoms in total. The summed E-state index contributed by atoms with van der Waals surface area (Å²) in [5.74, 6) is 1.03. The Morgan fingerprint density at radius 2 is 2.04 bits per heavy atom. The van der Waals surface area contributed by atoms with Crippen LogP contribution in [0, 0.1) is 5.92 Å². The highest BCUT2D eigenvalue weighted by Crippen LogP contribution is 2.27. The van der Waals surface area contributed by atoms with E-state index < -0.39 is 0 Å². The van der Waals surface area contributed by atoms with Crippen molar-refractivity contribution in [3.05, 3.63) is 48.2 Å². The van der Waals surface area contributed by atoms with Gasteiger partial charge in [0.05, 0.1) is 0 Å². The highest BCUT2D eigenvalue weighted by Gasteiger charge is 2.32. The van der Waals surface area contributed by atoms with Crippen LogP contribution in [0.4, 0.5) is 4.79 Å². The van der Waals surface area contributed by atoms with E-state index in [2.05, 4.69) is 55.3 Å². The van der Waals surface area contributed by atoms with Crippen molar-refractivity contribution < 1.29 is 4.79 Å². The van der Waals surface area contributed by atoms with Crippen molar-refractivity contribution in [3.8, 4) is 0 Å². The van der Waals surface area contributed by atoms with Crippen molar-refractivity contribution in [2.45, 2.75) is 38.6 Å². The van der Waals surface area contributed by atoms with Gasteiger partial charge in [0.15, 0.2) is 0 Å². The second kappa shape index (κ2) is 8.02. The second-order valence-electron chi connectivity index (χ2n) is 7.62. The van der Waals surface area contributed by atoms with Gasteiger partial charge in [0.2, 0.25) is 0 Å². The van der Waals surface area contributed by atoms with Gasteiger partial charge >= 0.3 is 6.03 Å². The smallest absolute Gasteiger partial charge is 0.326 e. The van der Waals surface area contributed by atoms with Gasteiger partial charge in [0.1, 0.15) is 0 Å². The molecule has 1 saturated heterocycles. The SMILES string of the molecule is CC(C)CC(CN1CC=CN1C(=O)N1CC[C@@H](N)C1)c1ccccc1. The van der Waals surface area contributed by atoms with Crippen LogP contribution in [0.25, 0.3) is 0 Å². The predicted octanol–water partition coefficient (Wildman–Crippen LogP) is 3.02. The molecular formula is C20H30N4O. The molecule has 0 radical (unpaired) electrons. The van der Waals surface area contributed by atoms with Crippen LogP contribution in [0.2, 0.25) is 0 Å². The highest BCUT2D eigenvalue weighted by molar-refractivity contribution is 5.75. The van der Waals surface area contributed by atoms with Gasteiger partial charge in [-0.15, -0.1) is 0 Å². The van der Waals surface area contributed by atoms with Crippen LogP contribution in [-0.2, 0) is 0 Å². The van der Waals surface area contributed by atoms with E-state index in [1.54, 1.807) is 5.01 Å². The third-order valence-corrected chi connectivity index (χ3v) is 5.02. The normalized spacial score (nSPS) is 22.2. The summed E-state index contributed by atoms with van der Waals surface area (Å²) in [5.41, 5.74) is 7.31. The van der Waals surface area contributed by atoms with E-state index in [-0.39, 0.29) is 12.1 Å². The third kappa shape index (κ3) is 4.41. The molecule has 136 valence electrons. The maximum Gasteiger partial charge on any atom is 0.338 e. The third-order valence-electron chi connectivity index (χ3n) is 5.02. The van der Waals surface area contributed by atoms with Crippen molar-refractivity contribution in [2.24, 2.45) is 11.7 Å². The first-order valence-corrected chi connectivity index (χ1v) is 9.34. The lowest BCUT2D eigenvalue weighted by Crippen LogP contribution is -2.48. The molecule has 0 spiro atoms. The number of nitrogens with zero attached hydrogens (tertiary/aromatic N) is 3. The molecular weight excluding hydrogens is 312 g/mol. The van der Waals surface area contributed by atoms with Gasteiger partial charge in [-0.05, 0) is 30.2 Å². The van der Waals surface area contributed by atoms with Crippen LogP contribution in [0.5, 0.6) is 0 Å². The molecule has 0 bridgehead atoms. The predicted molar refractivity (Wildman–Crippen MR) is 101 cm³/mol. The molecule has 1 aromatic carbocycles. The summed E-state index contributed by atoms with van der Waals surface area (Å²) in [6, 6.07) is 10.8. The zero-order chi connectivity index (χ0) is 17.8. The van der Waals surface area contributed by atoms with Gasteiger partial charge in [-0.3, -0.25) is 0 Å². The summed E-state index contributed by atoms with van der Waals surface area (Å²) in [6.45, 7) is 7.56. The summed E-state index contributed by atoms with van der Waals surface area (Å²) in [6.07, 6.45) is 5.97. The molecule has 2 aliphatic rings. The topological polar surface area (TPSA) is 52.8 Å². The summed E-state index contributed by atoms with van der Waals surface area (Å²) in [5, 5.41) is 3.94. The number of benzene rings is 1. The van der Waals surface area contributed by atoms with E-state index >= 15 is 0 Å². The molecule has 2 heterocycles. The molecule has 2 atom stereocenters. The Morgan fingerprint density at radius 3 is 2.68 bits per heavy atom. The van der Waals surface area contributed by atoms with Gasteiger partial charge in [0, 0.05) is 38.4 Å². The first-order valence-electron chi connectivity index (χ1n) is 9.34. The summed E-state index contributed by atoms with van der Waals surface area (Å²) < 4.78 is 0. The summed E-state index contributed by atoms with van der Waals surface area (Å²) >= 11 is 0. The monoisotopic (exact) mass is 342 g/mol. The highest BCUT2D eigenvalue weighted by atomic mass is 16.2. The Morgan fingerprint density at radius 1 is 1.28 bits per heavy atom. The van der Waals surface area contributed by atoms with Crippen LogP contribution in [0.1, 0.15) is 38.2 Å². The number of rotatable bonds is 5. The minimum atomic E-state index is 0.0538. The zero-order valence-corrected chi connectivity index (χ0v) is 15.3. The number of urea groups is 1. The minimum Gasteiger partial charge on any atom is -0.326 e. The van der Waals surface area contributed by atoms with E-state index in [9.17, 15) is 4.79 Å². The van der Waals surface area contributed by atoms with Gasteiger partial charge in [-0.1, -0.05) is 50.3 Å². The average Bonchev–Trinajstić information content (AvgIpc) is 3.23. The maximum absolute atomic E-state index is 12.8. The number of likely N-dealkylation sites (tertiary alicyclic amines) is 1. The number of nitrogens with two attached hydrogens (primary N) is 1. The molecule has 1 aromatic rings. The number of hydrazine groups is 1. The number of carbonyl (C=O) groups is 1. The first-order chi connectivity index (χ1) is 12.0. The van der Waals surface area contributed by atoms with Gasteiger partial charge < -0.3 is 10.6 Å². The van der Waals surface area contributed by atoms with Crippen molar-refractivity contribution in [2.75, 3.05) is 26.2 Å². The first kappa shape index (κ1) is 18.0. The van der Waals surface area contributed by atoms with Crippen LogP contribution in [0.15, 0.2) is 42.6 Å². The van der Waals surface area contributed by atoms with Crippen molar-refractivity contribution in [3.63, 3.8) is 0 Å². The van der Waals surface area contributed by atoms with Crippen molar-refractivity contribution in [1.82, 2.24) is 14.9 Å². The molecule has 2 amide bonds. The van der Waals surface area contributed by atoms with Gasteiger partial charge in [-0.2, -0.15) is 0 Å². The van der Waals surface area contributed by atoms with E-state index in [0.717, 1.165) is 32.5 Å². The molecule has 0 saturated carbocycles. The molecule has 2 aliphatic heterocycles. The Balaban J connectivity index is 1.69. The lowest BCUT2D eigenvalue weighted by atomic mass is 9.90. The Labute approximate surface area is 151 Å². The molecule has 2 N–H and O–H groups in total. The van der Waals surface area contributed by atoms with E-state index in [0.29, 0.717) is 18.4 Å². The van der Waals surface area contributed by atoms with Gasteiger partial charge in [0.25, 0.3) is 0 Å². The Bertz CT molecular complexity index is 601. The zero-order valence-electron chi connectivity index (χ0n) is 15.3. The van der Waals surface area contributed by atoms with Crippen LogP contribution in [0.3, 0.4) is 0 Å². The number of carbonyl (C=O) groups excluding carboxylic acids is 1. The fourth-order valence-electron chi connectivity index (χ4n) is 3.77. The van der Waals surface area contributed by atoms with Gasteiger partial charge in [-0.25, -0.2) is 14.8 Å². The number of amides is 2. The van der Waals surface area contributed by atoms with Crippen LogP contribution < -0.4 is 5.73 Å². The molecule has 5 heteroatoms. The van der Waals surface area contributed by atoms with Crippen LogP contribution in [-0.4, -0.2) is 53.2 Å². The van der Waals surface area contributed by atoms with E-state index in [4.69, 9.17) is 5.73 Å². The molecule has 3 rings (SSSR count). The van der Waals surface area contributed by atoms with E-state index in [1.807, 2.05) is 11.1 Å². The molecule has 25 heavy (non-hydrogen) atoms. The lowest BCUT2D eigenvalue weighted by molar-refractivity contribution is 0.0550. The number of hydrogen-bond acceptors (Lipinski definition) is 3. The fourth-order valence-corrected chi connectivity index (χ4v) is 3.77. The minimum absolute atomic E-state index is 0.0538. The summed E-state index contributed by atoms with van der Waals surface area (Å²) in [4.78, 5) is 14.7. The largest absolute Gasteiger partial charge is 0.338 e. The average molecular weight is 342 g/mol. The van der Waals surface area contributed by atoms with E-state index in [1.165, 1.54) is 5.56 Å². The maximum atomic E-state index is 12.8. The van der Waals surface area contributed by atoms with Crippen LogP contribution >= 0.6 is 0 Å². The molecule has 0 aromatic heterocycles. The standard InChI is InChI=1S/C20H30N4O/c1-16(2)13-18(17-7-4-3-5-8-17)14-23-10-6-11-24(23)20(25)22-12-9-19(21)15-22/h3-8,11,16,18-19H,9-10,12-15,21H2,1-2H3/t18?,19-/m1/s1. The van der Waals surface area contributed by atoms with Crippen molar-refractivity contribution in [1.29, 1.82) is 0 Å².